The molecular formula is C10H7ClO3S. The number of halogens is 1. The standard InChI is InChI=1S/C10H7ClO3S/c11-8-5-1-3-7-4-2-6-9(10(7)8)15(12,13)14/h1-6H,(H,12,13,14). The zero-order valence-electron chi connectivity index (χ0n) is 7.51. The average Bonchev–Trinajstić information content (AvgIpc) is 2.16. The van der Waals surface area contributed by atoms with Gasteiger partial charge >= 0.3 is 0 Å². The summed E-state index contributed by atoms with van der Waals surface area (Å²) in [6.07, 6.45) is 0. The second kappa shape index (κ2) is 3.48. The molecule has 0 aromatic heterocycles. The van der Waals surface area contributed by atoms with Crippen molar-refractivity contribution in [1.82, 2.24) is 0 Å². The highest BCUT2D eigenvalue weighted by atomic mass is 35.5. The summed E-state index contributed by atoms with van der Waals surface area (Å²) in [5.74, 6) is 0. The lowest BCUT2D eigenvalue weighted by Gasteiger charge is -2.04. The Labute approximate surface area is 92.0 Å². The molecule has 0 heterocycles. The SMILES string of the molecule is O=S(=O)(O)c1cccc2cccc(Cl)c12. The predicted octanol–water partition coefficient (Wildman–Crippen LogP) is 2.74. The van der Waals surface area contributed by atoms with Crippen LogP contribution in [-0.4, -0.2) is 13.0 Å². The van der Waals surface area contributed by atoms with Crippen LogP contribution in [0.25, 0.3) is 10.8 Å². The number of hydrogen-bond acceptors (Lipinski definition) is 2. The second-order valence-electron chi connectivity index (χ2n) is 3.07. The lowest BCUT2D eigenvalue weighted by Crippen LogP contribution is -1.99. The summed E-state index contributed by atoms with van der Waals surface area (Å²) in [6, 6.07) is 9.65. The quantitative estimate of drug-likeness (QED) is 0.783. The Hall–Kier alpha value is -1.10. The van der Waals surface area contributed by atoms with Crippen LogP contribution in [0.5, 0.6) is 0 Å². The van der Waals surface area contributed by atoms with E-state index in [2.05, 4.69) is 0 Å². The summed E-state index contributed by atoms with van der Waals surface area (Å²) in [7, 11) is -4.24. The first-order valence-electron chi connectivity index (χ1n) is 4.15. The van der Waals surface area contributed by atoms with E-state index in [1.165, 1.54) is 6.07 Å². The molecule has 0 saturated heterocycles. The number of benzene rings is 2. The Bertz CT molecular complexity index is 614. The van der Waals surface area contributed by atoms with Crippen molar-refractivity contribution in [3.63, 3.8) is 0 Å². The molecular weight excluding hydrogens is 236 g/mol. The molecule has 0 bridgehead atoms. The Morgan fingerprint density at radius 3 is 2.27 bits per heavy atom. The van der Waals surface area contributed by atoms with E-state index in [0.29, 0.717) is 15.8 Å². The van der Waals surface area contributed by atoms with Crippen molar-refractivity contribution in [2.75, 3.05) is 0 Å². The van der Waals surface area contributed by atoms with Crippen LogP contribution in [0.3, 0.4) is 0 Å². The lowest BCUT2D eigenvalue weighted by atomic mass is 10.1. The molecule has 0 saturated carbocycles. The van der Waals surface area contributed by atoms with Gasteiger partial charge in [0.15, 0.2) is 0 Å². The fourth-order valence-corrected chi connectivity index (χ4v) is 2.55. The molecule has 15 heavy (non-hydrogen) atoms. The van der Waals surface area contributed by atoms with E-state index < -0.39 is 10.1 Å². The minimum Gasteiger partial charge on any atom is -0.282 e. The van der Waals surface area contributed by atoms with E-state index >= 15 is 0 Å². The van der Waals surface area contributed by atoms with Gasteiger partial charge in [-0.1, -0.05) is 35.9 Å². The van der Waals surface area contributed by atoms with Crippen LogP contribution in [0, 0.1) is 0 Å². The Kier molecular flexibility index (Phi) is 2.42. The topological polar surface area (TPSA) is 54.4 Å². The molecule has 0 radical (unpaired) electrons. The first kappa shape index (κ1) is 10.4. The summed E-state index contributed by atoms with van der Waals surface area (Å²) in [5.41, 5.74) is 0. The maximum Gasteiger partial charge on any atom is 0.295 e. The van der Waals surface area contributed by atoms with Gasteiger partial charge in [0.2, 0.25) is 0 Å². The molecule has 0 spiro atoms. The van der Waals surface area contributed by atoms with E-state index in [1.54, 1.807) is 30.3 Å². The lowest BCUT2D eigenvalue weighted by molar-refractivity contribution is 0.484. The van der Waals surface area contributed by atoms with Gasteiger partial charge in [-0.05, 0) is 17.5 Å². The predicted molar refractivity (Wildman–Crippen MR) is 58.8 cm³/mol. The van der Waals surface area contributed by atoms with Crippen LogP contribution in [0.2, 0.25) is 5.02 Å². The molecule has 78 valence electrons. The third-order valence-corrected chi connectivity index (χ3v) is 3.30. The van der Waals surface area contributed by atoms with Gasteiger partial charge in [0.25, 0.3) is 10.1 Å². The van der Waals surface area contributed by atoms with Gasteiger partial charge in [0.1, 0.15) is 4.90 Å². The first-order valence-corrected chi connectivity index (χ1v) is 5.97. The zero-order valence-corrected chi connectivity index (χ0v) is 9.09. The van der Waals surface area contributed by atoms with Crippen molar-refractivity contribution in [2.45, 2.75) is 4.90 Å². The monoisotopic (exact) mass is 242 g/mol. The maximum absolute atomic E-state index is 11.1. The van der Waals surface area contributed by atoms with E-state index in [-0.39, 0.29) is 4.90 Å². The highest BCUT2D eigenvalue weighted by Gasteiger charge is 2.15. The molecule has 0 aliphatic carbocycles. The van der Waals surface area contributed by atoms with Crippen molar-refractivity contribution in [3.8, 4) is 0 Å². The van der Waals surface area contributed by atoms with Gasteiger partial charge in [-0.2, -0.15) is 8.42 Å². The van der Waals surface area contributed by atoms with Gasteiger partial charge in [-0.3, -0.25) is 4.55 Å². The van der Waals surface area contributed by atoms with Crippen LogP contribution < -0.4 is 0 Å². The third kappa shape index (κ3) is 1.84. The van der Waals surface area contributed by atoms with Gasteiger partial charge in [-0.25, -0.2) is 0 Å². The molecule has 1 N–H and O–H groups in total. The number of hydrogen-bond donors (Lipinski definition) is 1. The Balaban J connectivity index is 2.99. The first-order chi connectivity index (χ1) is 7.00. The largest absolute Gasteiger partial charge is 0.295 e. The third-order valence-electron chi connectivity index (χ3n) is 2.09. The maximum atomic E-state index is 11.1. The molecule has 0 fully saturated rings. The Morgan fingerprint density at radius 2 is 1.67 bits per heavy atom. The molecule has 3 nitrogen and oxygen atoms in total. The van der Waals surface area contributed by atoms with Crippen LogP contribution in [0.15, 0.2) is 41.3 Å². The van der Waals surface area contributed by atoms with Crippen molar-refractivity contribution in [2.24, 2.45) is 0 Å². The molecule has 0 amide bonds. The van der Waals surface area contributed by atoms with Gasteiger partial charge in [0.05, 0.1) is 0 Å². The molecule has 0 aliphatic rings. The average molecular weight is 243 g/mol. The van der Waals surface area contributed by atoms with Crippen LogP contribution >= 0.6 is 11.6 Å². The van der Waals surface area contributed by atoms with Crippen molar-refractivity contribution >= 4 is 32.5 Å². The fourth-order valence-electron chi connectivity index (χ4n) is 1.48. The summed E-state index contributed by atoms with van der Waals surface area (Å²) in [6.45, 7) is 0. The fraction of sp³-hybridized carbons (Fsp3) is 0. The molecule has 0 aliphatic heterocycles. The van der Waals surface area contributed by atoms with Crippen molar-refractivity contribution < 1.29 is 13.0 Å². The minimum atomic E-state index is -4.24. The molecule has 5 heteroatoms. The Morgan fingerprint density at radius 1 is 1.07 bits per heavy atom. The minimum absolute atomic E-state index is 0.161. The van der Waals surface area contributed by atoms with E-state index in [9.17, 15) is 8.42 Å². The van der Waals surface area contributed by atoms with E-state index in [0.717, 1.165) is 0 Å². The molecule has 2 aromatic carbocycles. The van der Waals surface area contributed by atoms with Crippen molar-refractivity contribution in [3.05, 3.63) is 41.4 Å². The highest BCUT2D eigenvalue weighted by Crippen LogP contribution is 2.29. The van der Waals surface area contributed by atoms with Gasteiger partial charge < -0.3 is 0 Å². The highest BCUT2D eigenvalue weighted by molar-refractivity contribution is 7.86. The van der Waals surface area contributed by atoms with Crippen LogP contribution in [-0.2, 0) is 10.1 Å². The van der Waals surface area contributed by atoms with Crippen molar-refractivity contribution in [1.29, 1.82) is 0 Å². The molecule has 2 rings (SSSR count). The summed E-state index contributed by atoms with van der Waals surface area (Å²) >= 11 is 5.89. The molecule has 0 atom stereocenters. The number of fused-ring (bicyclic) bond motifs is 1. The van der Waals surface area contributed by atoms with Crippen LogP contribution in [0.1, 0.15) is 0 Å². The van der Waals surface area contributed by atoms with Gasteiger partial charge in [-0.15, -0.1) is 0 Å². The van der Waals surface area contributed by atoms with Crippen LogP contribution in [0.4, 0.5) is 0 Å². The second-order valence-corrected chi connectivity index (χ2v) is 4.87. The summed E-state index contributed by atoms with van der Waals surface area (Å²) in [4.78, 5) is -0.161. The normalized spacial score (nSPS) is 11.9. The number of rotatable bonds is 1. The molecule has 0 unspecified atom stereocenters. The smallest absolute Gasteiger partial charge is 0.282 e. The van der Waals surface area contributed by atoms with Gasteiger partial charge in [0, 0.05) is 10.4 Å². The molecule has 2 aromatic rings. The van der Waals surface area contributed by atoms with E-state index in [4.69, 9.17) is 16.2 Å². The van der Waals surface area contributed by atoms with E-state index in [1.807, 2.05) is 0 Å². The summed E-state index contributed by atoms with van der Waals surface area (Å²) in [5, 5.41) is 1.34. The zero-order chi connectivity index (χ0) is 11.1. The summed E-state index contributed by atoms with van der Waals surface area (Å²) < 4.78 is 31.2.